The highest BCUT2D eigenvalue weighted by molar-refractivity contribution is 5.54. The SMILES string of the molecule is Cc1cc(CCCCCCCCO)cc(C(c2cc(CCCCCCCCO)cc(C)c2O)C2CCCCC2)c1O. The molecule has 1 aliphatic rings. The van der Waals surface area contributed by atoms with Crippen molar-refractivity contribution in [1.82, 2.24) is 0 Å². The van der Waals surface area contributed by atoms with Crippen molar-refractivity contribution in [3.63, 3.8) is 0 Å². The molecule has 0 radical (unpaired) electrons. The molecule has 0 aromatic heterocycles. The number of benzene rings is 2. The summed E-state index contributed by atoms with van der Waals surface area (Å²) in [5.74, 6) is 1.23. The lowest BCUT2D eigenvalue weighted by molar-refractivity contribution is 0.282. The van der Waals surface area contributed by atoms with Gasteiger partial charge in [-0.2, -0.15) is 0 Å². The Morgan fingerprint density at radius 2 is 0.951 bits per heavy atom. The number of aryl methyl sites for hydroxylation is 4. The summed E-state index contributed by atoms with van der Waals surface area (Å²) < 4.78 is 0. The second-order valence-electron chi connectivity index (χ2n) is 12.8. The molecule has 1 aliphatic carbocycles. The Morgan fingerprint density at radius 1 is 0.561 bits per heavy atom. The Bertz CT molecular complexity index is 951. The summed E-state index contributed by atoms with van der Waals surface area (Å²) in [4.78, 5) is 0. The van der Waals surface area contributed by atoms with Crippen LogP contribution < -0.4 is 0 Å². The maximum absolute atomic E-state index is 11.5. The molecule has 4 nitrogen and oxygen atoms in total. The lowest BCUT2D eigenvalue weighted by Crippen LogP contribution is -2.19. The van der Waals surface area contributed by atoms with Crippen molar-refractivity contribution in [3.05, 3.63) is 57.6 Å². The first-order chi connectivity index (χ1) is 20.0. The molecule has 230 valence electrons. The molecule has 0 unspecified atom stereocenters. The fraction of sp³-hybridized carbons (Fsp3) is 0.676. The van der Waals surface area contributed by atoms with Crippen molar-refractivity contribution in [2.45, 2.75) is 142 Å². The normalized spacial score (nSPS) is 14.3. The highest BCUT2D eigenvalue weighted by Crippen LogP contribution is 2.48. The van der Waals surface area contributed by atoms with Crippen LogP contribution in [0.5, 0.6) is 11.5 Å². The van der Waals surface area contributed by atoms with E-state index in [1.165, 1.54) is 68.9 Å². The molecule has 2 aromatic carbocycles. The van der Waals surface area contributed by atoms with Gasteiger partial charge < -0.3 is 20.4 Å². The maximum atomic E-state index is 11.5. The average molecular weight is 567 g/mol. The zero-order valence-corrected chi connectivity index (χ0v) is 26.1. The lowest BCUT2D eigenvalue weighted by atomic mass is 9.72. The summed E-state index contributed by atoms with van der Waals surface area (Å²) in [6, 6.07) is 8.82. The fourth-order valence-corrected chi connectivity index (χ4v) is 6.97. The van der Waals surface area contributed by atoms with Gasteiger partial charge in [0, 0.05) is 30.3 Å². The molecule has 0 amide bonds. The molecular weight excluding hydrogens is 508 g/mol. The van der Waals surface area contributed by atoms with Gasteiger partial charge >= 0.3 is 0 Å². The Morgan fingerprint density at radius 3 is 1.37 bits per heavy atom. The molecule has 1 fully saturated rings. The Hall–Kier alpha value is -2.04. The minimum atomic E-state index is 0.00423. The zero-order chi connectivity index (χ0) is 29.5. The lowest BCUT2D eigenvalue weighted by Gasteiger charge is -2.33. The zero-order valence-electron chi connectivity index (χ0n) is 26.1. The summed E-state index contributed by atoms with van der Waals surface area (Å²) in [5, 5.41) is 40.9. The maximum Gasteiger partial charge on any atom is 0.122 e. The van der Waals surface area contributed by atoms with E-state index in [0.29, 0.717) is 30.6 Å². The van der Waals surface area contributed by atoms with Gasteiger partial charge in [-0.25, -0.2) is 0 Å². The molecule has 0 spiro atoms. The van der Waals surface area contributed by atoms with Crippen LogP contribution >= 0.6 is 0 Å². The molecule has 0 aliphatic heterocycles. The van der Waals surface area contributed by atoms with Crippen molar-refractivity contribution in [3.8, 4) is 11.5 Å². The molecular formula is C37H58O4. The van der Waals surface area contributed by atoms with Crippen LogP contribution in [0.4, 0.5) is 0 Å². The van der Waals surface area contributed by atoms with E-state index in [0.717, 1.165) is 86.5 Å². The molecule has 0 atom stereocenters. The minimum Gasteiger partial charge on any atom is -0.507 e. The van der Waals surface area contributed by atoms with Crippen LogP contribution in [0.1, 0.15) is 148 Å². The van der Waals surface area contributed by atoms with E-state index in [2.05, 4.69) is 24.3 Å². The third-order valence-corrected chi connectivity index (χ3v) is 9.32. The first kappa shape index (κ1) is 33.5. The predicted molar refractivity (Wildman–Crippen MR) is 171 cm³/mol. The van der Waals surface area contributed by atoms with E-state index in [9.17, 15) is 10.2 Å². The molecule has 4 heteroatoms. The molecule has 0 saturated heterocycles. The Kier molecular flexibility index (Phi) is 15.1. The van der Waals surface area contributed by atoms with Gasteiger partial charge in [0.25, 0.3) is 0 Å². The van der Waals surface area contributed by atoms with E-state index in [1.807, 2.05) is 13.8 Å². The highest BCUT2D eigenvalue weighted by Gasteiger charge is 2.32. The molecule has 4 N–H and O–H groups in total. The van der Waals surface area contributed by atoms with Crippen LogP contribution in [0.25, 0.3) is 0 Å². The predicted octanol–water partition coefficient (Wildman–Crippen LogP) is 9.18. The van der Waals surface area contributed by atoms with Gasteiger partial charge in [-0.3, -0.25) is 0 Å². The first-order valence-electron chi connectivity index (χ1n) is 16.8. The van der Waals surface area contributed by atoms with E-state index in [1.54, 1.807) is 0 Å². The number of phenolic OH excluding ortho intramolecular Hbond substituents is 2. The van der Waals surface area contributed by atoms with Gasteiger partial charge in [0.15, 0.2) is 0 Å². The number of hydrogen-bond donors (Lipinski definition) is 4. The monoisotopic (exact) mass is 566 g/mol. The third kappa shape index (κ3) is 10.6. The first-order valence-corrected chi connectivity index (χ1v) is 16.8. The Balaban J connectivity index is 1.82. The molecule has 0 bridgehead atoms. The van der Waals surface area contributed by atoms with E-state index in [-0.39, 0.29) is 5.92 Å². The van der Waals surface area contributed by atoms with E-state index >= 15 is 0 Å². The number of aliphatic hydroxyl groups is 2. The fourth-order valence-electron chi connectivity index (χ4n) is 6.97. The van der Waals surface area contributed by atoms with Gasteiger partial charge in [-0.1, -0.05) is 94.9 Å². The molecule has 3 rings (SSSR count). The van der Waals surface area contributed by atoms with Crippen LogP contribution in [0.2, 0.25) is 0 Å². The number of aromatic hydroxyl groups is 2. The third-order valence-electron chi connectivity index (χ3n) is 9.32. The van der Waals surface area contributed by atoms with Gasteiger partial charge in [-0.05, 0) is 93.4 Å². The Labute approximate surface area is 250 Å². The minimum absolute atomic E-state index is 0.00423. The quantitative estimate of drug-likeness (QED) is 0.128. The van der Waals surface area contributed by atoms with Gasteiger partial charge in [0.2, 0.25) is 0 Å². The van der Waals surface area contributed by atoms with Gasteiger partial charge in [-0.15, -0.1) is 0 Å². The summed E-state index contributed by atoms with van der Waals surface area (Å²) in [6.45, 7) is 4.64. The van der Waals surface area contributed by atoms with Gasteiger partial charge in [0.1, 0.15) is 11.5 Å². The van der Waals surface area contributed by atoms with Crippen LogP contribution in [0, 0.1) is 19.8 Å². The number of rotatable bonds is 19. The molecule has 41 heavy (non-hydrogen) atoms. The second kappa shape index (κ2) is 18.5. The van der Waals surface area contributed by atoms with E-state index in [4.69, 9.17) is 10.2 Å². The number of phenols is 2. The summed E-state index contributed by atoms with van der Waals surface area (Å²) >= 11 is 0. The van der Waals surface area contributed by atoms with Gasteiger partial charge in [0.05, 0.1) is 0 Å². The molecule has 2 aromatic rings. The largest absolute Gasteiger partial charge is 0.507 e. The van der Waals surface area contributed by atoms with Crippen LogP contribution in [0.3, 0.4) is 0 Å². The van der Waals surface area contributed by atoms with Crippen molar-refractivity contribution < 1.29 is 20.4 Å². The number of hydrogen-bond acceptors (Lipinski definition) is 4. The van der Waals surface area contributed by atoms with Crippen molar-refractivity contribution in [2.24, 2.45) is 5.92 Å². The second-order valence-corrected chi connectivity index (χ2v) is 12.8. The topological polar surface area (TPSA) is 80.9 Å². The molecule has 0 heterocycles. The van der Waals surface area contributed by atoms with Crippen LogP contribution in [-0.4, -0.2) is 33.6 Å². The summed E-state index contributed by atoms with van der Waals surface area (Å²) in [6.07, 6.45) is 21.4. The average Bonchev–Trinajstić information content (AvgIpc) is 2.97. The van der Waals surface area contributed by atoms with Crippen molar-refractivity contribution in [2.75, 3.05) is 13.2 Å². The number of aliphatic hydroxyl groups excluding tert-OH is 2. The van der Waals surface area contributed by atoms with Crippen molar-refractivity contribution >= 4 is 0 Å². The molecule has 1 saturated carbocycles. The van der Waals surface area contributed by atoms with Crippen molar-refractivity contribution in [1.29, 1.82) is 0 Å². The summed E-state index contributed by atoms with van der Waals surface area (Å²) in [5.41, 5.74) is 6.47. The van der Waals surface area contributed by atoms with Crippen LogP contribution in [-0.2, 0) is 12.8 Å². The van der Waals surface area contributed by atoms with E-state index < -0.39 is 0 Å². The summed E-state index contributed by atoms with van der Waals surface area (Å²) in [7, 11) is 0. The smallest absolute Gasteiger partial charge is 0.122 e. The number of unbranched alkanes of at least 4 members (excludes halogenated alkanes) is 10. The van der Waals surface area contributed by atoms with Crippen LogP contribution in [0.15, 0.2) is 24.3 Å². The highest BCUT2D eigenvalue weighted by atomic mass is 16.3. The standard InChI is InChI=1S/C37H58O4/c1-28-24-30(18-12-7-3-5-9-16-22-38)26-33(36(28)40)35(32-20-14-11-15-21-32)34-27-31(25-29(2)37(34)41)19-13-8-4-6-10-17-23-39/h24-27,32,35,38-41H,3-23H2,1-2H3.